The number of morpholine rings is 1. The van der Waals surface area contributed by atoms with Gasteiger partial charge in [0.25, 0.3) is 0 Å². The van der Waals surface area contributed by atoms with E-state index in [0.717, 1.165) is 32.8 Å². The summed E-state index contributed by atoms with van der Waals surface area (Å²) in [5, 5.41) is 10.5. The summed E-state index contributed by atoms with van der Waals surface area (Å²) in [4.78, 5) is 15.1. The number of carbonyl (C=O) groups is 1. The quantitative estimate of drug-likeness (QED) is 0.650. The zero-order valence-electron chi connectivity index (χ0n) is 10.2. The van der Waals surface area contributed by atoms with Crippen LogP contribution in [0.15, 0.2) is 6.20 Å². The Morgan fingerprint density at radius 2 is 2.28 bits per heavy atom. The summed E-state index contributed by atoms with van der Waals surface area (Å²) < 4.78 is 5.25. The van der Waals surface area contributed by atoms with Gasteiger partial charge in [-0.1, -0.05) is 0 Å². The van der Waals surface area contributed by atoms with Crippen LogP contribution in [-0.4, -0.2) is 65.2 Å². The number of hydrogen-bond acceptors (Lipinski definition) is 6. The molecule has 1 amide bonds. The number of rotatable bonds is 5. The Kier molecular flexibility index (Phi) is 4.48. The van der Waals surface area contributed by atoms with E-state index in [-0.39, 0.29) is 12.5 Å². The normalized spacial score (nSPS) is 16.7. The van der Waals surface area contributed by atoms with Crippen molar-refractivity contribution in [1.29, 1.82) is 0 Å². The molecule has 1 aromatic heterocycles. The standard InChI is InChI=1S/C10H18N6O2/c11-9-7-13-16(14-9)8-10(17)12-1-2-15-3-5-18-6-4-15/h7H,1-6,8H2,(H2,11,14)(H,12,17). The van der Waals surface area contributed by atoms with Gasteiger partial charge in [-0.15, -0.1) is 5.10 Å². The number of nitrogens with one attached hydrogen (secondary N) is 1. The fraction of sp³-hybridized carbons (Fsp3) is 0.700. The van der Waals surface area contributed by atoms with Crippen molar-refractivity contribution in [2.24, 2.45) is 0 Å². The molecule has 8 nitrogen and oxygen atoms in total. The van der Waals surface area contributed by atoms with Gasteiger partial charge >= 0.3 is 0 Å². The molecule has 0 unspecified atom stereocenters. The summed E-state index contributed by atoms with van der Waals surface area (Å²) in [6.07, 6.45) is 1.42. The zero-order chi connectivity index (χ0) is 12.8. The lowest BCUT2D eigenvalue weighted by Gasteiger charge is -2.26. The SMILES string of the molecule is Nc1cnn(CC(=O)NCCN2CCOCC2)n1. The van der Waals surface area contributed by atoms with Crippen molar-refractivity contribution in [3.05, 3.63) is 6.20 Å². The Morgan fingerprint density at radius 1 is 1.50 bits per heavy atom. The van der Waals surface area contributed by atoms with Crippen LogP contribution in [0.3, 0.4) is 0 Å². The predicted octanol–water partition coefficient (Wildman–Crippen LogP) is -1.69. The molecule has 18 heavy (non-hydrogen) atoms. The Labute approximate surface area is 105 Å². The van der Waals surface area contributed by atoms with E-state index >= 15 is 0 Å². The summed E-state index contributed by atoms with van der Waals surface area (Å²) >= 11 is 0. The second-order valence-corrected chi connectivity index (χ2v) is 4.10. The Morgan fingerprint density at radius 3 is 2.94 bits per heavy atom. The maximum Gasteiger partial charge on any atom is 0.243 e. The van der Waals surface area contributed by atoms with Gasteiger partial charge in [0.2, 0.25) is 5.91 Å². The van der Waals surface area contributed by atoms with E-state index in [1.807, 2.05) is 0 Å². The smallest absolute Gasteiger partial charge is 0.243 e. The topological polar surface area (TPSA) is 98.3 Å². The van der Waals surface area contributed by atoms with Crippen molar-refractivity contribution in [2.75, 3.05) is 45.1 Å². The lowest BCUT2D eigenvalue weighted by molar-refractivity contribution is -0.122. The largest absolute Gasteiger partial charge is 0.381 e. The highest BCUT2D eigenvalue weighted by molar-refractivity contribution is 5.75. The zero-order valence-corrected chi connectivity index (χ0v) is 10.2. The Hall–Kier alpha value is -1.67. The number of nitrogens with two attached hydrogens (primary N) is 1. The van der Waals surface area contributed by atoms with Crippen molar-refractivity contribution >= 4 is 11.7 Å². The lowest BCUT2D eigenvalue weighted by Crippen LogP contribution is -2.41. The van der Waals surface area contributed by atoms with Crippen LogP contribution in [0.4, 0.5) is 5.82 Å². The van der Waals surface area contributed by atoms with Crippen molar-refractivity contribution in [2.45, 2.75) is 6.54 Å². The van der Waals surface area contributed by atoms with Crippen LogP contribution < -0.4 is 11.1 Å². The van der Waals surface area contributed by atoms with Crippen LogP contribution in [0.2, 0.25) is 0 Å². The van der Waals surface area contributed by atoms with E-state index < -0.39 is 0 Å². The van der Waals surface area contributed by atoms with E-state index in [0.29, 0.717) is 12.4 Å². The third-order valence-corrected chi connectivity index (χ3v) is 2.69. The summed E-state index contributed by atoms with van der Waals surface area (Å²) in [6.45, 7) is 4.94. The van der Waals surface area contributed by atoms with E-state index in [2.05, 4.69) is 20.4 Å². The molecule has 1 aromatic rings. The maximum atomic E-state index is 11.6. The number of amides is 1. The van der Waals surface area contributed by atoms with Gasteiger partial charge in [0.15, 0.2) is 5.82 Å². The van der Waals surface area contributed by atoms with Crippen LogP contribution in [0, 0.1) is 0 Å². The molecule has 2 rings (SSSR count). The fourth-order valence-electron chi connectivity index (χ4n) is 1.75. The minimum absolute atomic E-state index is 0.0975. The molecule has 100 valence electrons. The number of aromatic nitrogens is 3. The Bertz CT molecular complexity index is 387. The predicted molar refractivity (Wildman–Crippen MR) is 64.7 cm³/mol. The average molecular weight is 254 g/mol. The summed E-state index contributed by atoms with van der Waals surface area (Å²) in [5.41, 5.74) is 5.41. The molecule has 0 atom stereocenters. The van der Waals surface area contributed by atoms with Gasteiger partial charge in [0, 0.05) is 26.2 Å². The van der Waals surface area contributed by atoms with Gasteiger partial charge in [-0.2, -0.15) is 9.90 Å². The monoisotopic (exact) mass is 254 g/mol. The van der Waals surface area contributed by atoms with Gasteiger partial charge < -0.3 is 15.8 Å². The van der Waals surface area contributed by atoms with E-state index in [4.69, 9.17) is 10.5 Å². The second-order valence-electron chi connectivity index (χ2n) is 4.10. The molecule has 0 spiro atoms. The van der Waals surface area contributed by atoms with Gasteiger partial charge in [-0.05, 0) is 0 Å². The first kappa shape index (κ1) is 12.8. The number of ether oxygens (including phenoxy) is 1. The van der Waals surface area contributed by atoms with Crippen LogP contribution >= 0.6 is 0 Å². The molecule has 1 aliphatic rings. The highest BCUT2D eigenvalue weighted by Gasteiger charge is 2.10. The highest BCUT2D eigenvalue weighted by atomic mass is 16.5. The number of hydrogen-bond donors (Lipinski definition) is 2. The van der Waals surface area contributed by atoms with Crippen LogP contribution in [-0.2, 0) is 16.1 Å². The van der Waals surface area contributed by atoms with E-state index in [1.54, 1.807) is 0 Å². The molecule has 2 heterocycles. The van der Waals surface area contributed by atoms with Crippen molar-refractivity contribution in [3.63, 3.8) is 0 Å². The fourth-order valence-corrected chi connectivity index (χ4v) is 1.75. The summed E-state index contributed by atoms with van der Waals surface area (Å²) in [6, 6.07) is 0. The van der Waals surface area contributed by atoms with Gasteiger partial charge in [-0.25, -0.2) is 0 Å². The number of nitrogen functional groups attached to an aromatic ring is 1. The molecule has 0 radical (unpaired) electrons. The summed E-state index contributed by atoms with van der Waals surface area (Å²) in [7, 11) is 0. The van der Waals surface area contributed by atoms with E-state index in [1.165, 1.54) is 11.0 Å². The molecular formula is C10H18N6O2. The maximum absolute atomic E-state index is 11.6. The molecule has 0 aromatic carbocycles. The van der Waals surface area contributed by atoms with Crippen LogP contribution in [0.1, 0.15) is 0 Å². The first-order valence-electron chi connectivity index (χ1n) is 5.96. The molecule has 0 saturated carbocycles. The molecule has 1 saturated heterocycles. The summed E-state index contributed by atoms with van der Waals surface area (Å²) in [5.74, 6) is 0.204. The molecule has 8 heteroatoms. The van der Waals surface area contributed by atoms with Crippen molar-refractivity contribution < 1.29 is 9.53 Å². The van der Waals surface area contributed by atoms with Crippen molar-refractivity contribution in [3.8, 4) is 0 Å². The van der Waals surface area contributed by atoms with Crippen molar-refractivity contribution in [1.82, 2.24) is 25.2 Å². The van der Waals surface area contributed by atoms with Crippen LogP contribution in [0.25, 0.3) is 0 Å². The molecular weight excluding hydrogens is 236 g/mol. The van der Waals surface area contributed by atoms with E-state index in [9.17, 15) is 4.79 Å². The molecule has 3 N–H and O–H groups in total. The first-order valence-corrected chi connectivity index (χ1v) is 5.96. The second kappa shape index (κ2) is 6.31. The number of anilines is 1. The van der Waals surface area contributed by atoms with Gasteiger partial charge in [-0.3, -0.25) is 9.69 Å². The number of nitrogens with zero attached hydrogens (tertiary/aromatic N) is 4. The number of carbonyl (C=O) groups excluding carboxylic acids is 1. The third-order valence-electron chi connectivity index (χ3n) is 2.69. The molecule has 1 aliphatic heterocycles. The minimum Gasteiger partial charge on any atom is -0.381 e. The average Bonchev–Trinajstić information content (AvgIpc) is 2.76. The van der Waals surface area contributed by atoms with Gasteiger partial charge in [0.05, 0.1) is 19.4 Å². The van der Waals surface area contributed by atoms with Crippen LogP contribution in [0.5, 0.6) is 0 Å². The molecule has 0 aliphatic carbocycles. The third kappa shape index (κ3) is 3.97. The molecule has 1 fully saturated rings. The lowest BCUT2D eigenvalue weighted by atomic mass is 10.4. The first-order chi connectivity index (χ1) is 8.74. The Balaban J connectivity index is 1.62. The molecule has 0 bridgehead atoms. The minimum atomic E-state index is -0.112. The van der Waals surface area contributed by atoms with Gasteiger partial charge in [0.1, 0.15) is 6.54 Å². The highest BCUT2D eigenvalue weighted by Crippen LogP contribution is 1.95.